The van der Waals surface area contributed by atoms with Crippen LogP contribution in [-0.2, 0) is 4.79 Å². The summed E-state index contributed by atoms with van der Waals surface area (Å²) in [5.74, 6) is 1.63. The molecule has 4 unspecified atom stereocenters. The van der Waals surface area contributed by atoms with Crippen molar-refractivity contribution in [2.75, 3.05) is 20.1 Å². The molecule has 0 radical (unpaired) electrons. The lowest BCUT2D eigenvalue weighted by atomic mass is 9.83. The molecule has 0 spiro atoms. The standard InChI is InChI=1S/C15H29N3O/c1-10-7-11(2)12(3)18(8-10)9-15(17-4,14(16)19)13-5-6-13/h10-13,17H,5-9H2,1-4H3,(H2,16,19). The van der Waals surface area contributed by atoms with E-state index in [1.165, 1.54) is 6.42 Å². The smallest absolute Gasteiger partial charge is 0.239 e. The maximum absolute atomic E-state index is 12.0. The zero-order valence-electron chi connectivity index (χ0n) is 12.8. The predicted octanol–water partition coefficient (Wildman–Crippen LogP) is 1.21. The van der Waals surface area contributed by atoms with Gasteiger partial charge in [-0.2, -0.15) is 0 Å². The highest BCUT2D eigenvalue weighted by Gasteiger charge is 2.50. The summed E-state index contributed by atoms with van der Waals surface area (Å²) in [5, 5.41) is 3.26. The van der Waals surface area contributed by atoms with Crippen LogP contribution in [0.2, 0.25) is 0 Å². The summed E-state index contributed by atoms with van der Waals surface area (Å²) in [4.78, 5) is 14.5. The molecule has 2 rings (SSSR count). The Kier molecular flexibility index (Phi) is 4.21. The van der Waals surface area contributed by atoms with Crippen LogP contribution in [0.3, 0.4) is 0 Å². The summed E-state index contributed by atoms with van der Waals surface area (Å²) in [6, 6.07) is 0.530. The number of piperidine rings is 1. The largest absolute Gasteiger partial charge is 0.368 e. The quantitative estimate of drug-likeness (QED) is 0.787. The first-order chi connectivity index (χ1) is 8.90. The highest BCUT2D eigenvalue weighted by molar-refractivity contribution is 5.86. The van der Waals surface area contributed by atoms with Crippen LogP contribution in [-0.4, -0.2) is 42.5 Å². The summed E-state index contributed by atoms with van der Waals surface area (Å²) in [7, 11) is 1.88. The molecule has 1 aliphatic heterocycles. The number of hydrogen-bond donors (Lipinski definition) is 2. The van der Waals surface area contributed by atoms with Crippen molar-refractivity contribution in [1.29, 1.82) is 0 Å². The van der Waals surface area contributed by atoms with Gasteiger partial charge in [0.05, 0.1) is 0 Å². The van der Waals surface area contributed by atoms with E-state index in [0.717, 1.165) is 25.9 Å². The van der Waals surface area contributed by atoms with Crippen LogP contribution in [0.15, 0.2) is 0 Å². The van der Waals surface area contributed by atoms with Crippen molar-refractivity contribution in [2.24, 2.45) is 23.5 Å². The third kappa shape index (κ3) is 2.79. The number of hydrogen-bond acceptors (Lipinski definition) is 3. The molecule has 1 saturated carbocycles. The second kappa shape index (κ2) is 5.41. The van der Waals surface area contributed by atoms with Crippen LogP contribution in [0, 0.1) is 17.8 Å². The second-order valence-electron chi connectivity index (χ2n) is 6.85. The molecule has 0 bridgehead atoms. The molecule has 19 heavy (non-hydrogen) atoms. The van der Waals surface area contributed by atoms with Crippen molar-refractivity contribution in [3.05, 3.63) is 0 Å². The molecule has 3 N–H and O–H groups in total. The summed E-state index contributed by atoms with van der Waals surface area (Å²) in [6.07, 6.45) is 3.53. The molecule has 1 amide bonds. The van der Waals surface area contributed by atoms with Gasteiger partial charge in [0.1, 0.15) is 5.54 Å². The molecular weight excluding hydrogens is 238 g/mol. The van der Waals surface area contributed by atoms with Crippen LogP contribution in [0.4, 0.5) is 0 Å². The average Bonchev–Trinajstić information content (AvgIpc) is 3.16. The Labute approximate surface area is 117 Å². The summed E-state index contributed by atoms with van der Waals surface area (Å²) >= 11 is 0. The molecule has 4 atom stereocenters. The van der Waals surface area contributed by atoms with E-state index < -0.39 is 5.54 Å². The first-order valence-corrected chi connectivity index (χ1v) is 7.63. The van der Waals surface area contributed by atoms with Crippen molar-refractivity contribution < 1.29 is 4.79 Å². The molecular formula is C15H29N3O. The highest BCUT2D eigenvalue weighted by atomic mass is 16.1. The number of likely N-dealkylation sites (N-methyl/N-ethyl adjacent to an activating group) is 1. The van der Waals surface area contributed by atoms with Gasteiger partial charge in [-0.25, -0.2) is 0 Å². The van der Waals surface area contributed by atoms with E-state index in [0.29, 0.717) is 23.8 Å². The number of primary amides is 1. The lowest BCUT2D eigenvalue weighted by Gasteiger charge is -2.45. The number of carbonyl (C=O) groups excluding carboxylic acids is 1. The van der Waals surface area contributed by atoms with Gasteiger partial charge in [-0.15, -0.1) is 0 Å². The molecule has 1 aliphatic carbocycles. The number of nitrogens with one attached hydrogen (secondary N) is 1. The van der Waals surface area contributed by atoms with E-state index in [1.54, 1.807) is 0 Å². The van der Waals surface area contributed by atoms with Gasteiger partial charge < -0.3 is 11.1 Å². The van der Waals surface area contributed by atoms with Crippen molar-refractivity contribution >= 4 is 5.91 Å². The van der Waals surface area contributed by atoms with Crippen molar-refractivity contribution in [3.8, 4) is 0 Å². The fraction of sp³-hybridized carbons (Fsp3) is 0.933. The van der Waals surface area contributed by atoms with Gasteiger partial charge in [0.15, 0.2) is 0 Å². The van der Waals surface area contributed by atoms with Crippen molar-refractivity contribution in [2.45, 2.75) is 51.6 Å². The number of rotatable bonds is 5. The zero-order chi connectivity index (χ0) is 14.2. The van der Waals surface area contributed by atoms with Gasteiger partial charge in [-0.3, -0.25) is 9.69 Å². The van der Waals surface area contributed by atoms with Crippen LogP contribution < -0.4 is 11.1 Å². The fourth-order valence-corrected chi connectivity index (χ4v) is 3.75. The Morgan fingerprint density at radius 2 is 2.00 bits per heavy atom. The molecule has 110 valence electrons. The highest BCUT2D eigenvalue weighted by Crippen LogP contribution is 2.41. The summed E-state index contributed by atoms with van der Waals surface area (Å²) in [6.45, 7) is 8.74. The van der Waals surface area contributed by atoms with E-state index in [2.05, 4.69) is 31.0 Å². The lowest BCUT2D eigenvalue weighted by Crippen LogP contribution is -2.64. The van der Waals surface area contributed by atoms with E-state index in [-0.39, 0.29) is 5.91 Å². The minimum Gasteiger partial charge on any atom is -0.368 e. The normalized spacial score (nSPS) is 35.9. The number of nitrogens with zero attached hydrogens (tertiary/aromatic N) is 1. The van der Waals surface area contributed by atoms with Crippen LogP contribution in [0.5, 0.6) is 0 Å². The van der Waals surface area contributed by atoms with Gasteiger partial charge in [-0.1, -0.05) is 13.8 Å². The van der Waals surface area contributed by atoms with Gasteiger partial charge in [0, 0.05) is 19.1 Å². The van der Waals surface area contributed by atoms with Gasteiger partial charge >= 0.3 is 0 Å². The van der Waals surface area contributed by atoms with Crippen LogP contribution >= 0.6 is 0 Å². The topological polar surface area (TPSA) is 58.4 Å². The van der Waals surface area contributed by atoms with E-state index in [9.17, 15) is 4.79 Å². The van der Waals surface area contributed by atoms with Crippen LogP contribution in [0.25, 0.3) is 0 Å². The minimum absolute atomic E-state index is 0.185. The molecule has 0 aromatic rings. The Morgan fingerprint density at radius 3 is 2.47 bits per heavy atom. The fourth-order valence-electron chi connectivity index (χ4n) is 3.75. The maximum atomic E-state index is 12.0. The van der Waals surface area contributed by atoms with Gasteiger partial charge in [0.2, 0.25) is 5.91 Å². The average molecular weight is 267 g/mol. The molecule has 0 aromatic carbocycles. The van der Waals surface area contributed by atoms with E-state index in [4.69, 9.17) is 5.73 Å². The molecule has 4 heteroatoms. The predicted molar refractivity (Wildman–Crippen MR) is 77.7 cm³/mol. The Morgan fingerprint density at radius 1 is 1.37 bits per heavy atom. The SMILES string of the molecule is CNC(CN1CC(C)CC(C)C1C)(C(N)=O)C1CC1. The zero-order valence-corrected chi connectivity index (χ0v) is 12.8. The van der Waals surface area contributed by atoms with Crippen LogP contribution in [0.1, 0.15) is 40.0 Å². The van der Waals surface area contributed by atoms with E-state index >= 15 is 0 Å². The summed E-state index contributed by atoms with van der Waals surface area (Å²) < 4.78 is 0. The van der Waals surface area contributed by atoms with Crippen molar-refractivity contribution in [1.82, 2.24) is 10.2 Å². The Bertz CT molecular complexity index is 342. The number of carbonyl (C=O) groups is 1. The molecule has 2 aliphatic rings. The number of likely N-dealkylation sites (tertiary alicyclic amines) is 1. The monoisotopic (exact) mass is 267 g/mol. The first-order valence-electron chi connectivity index (χ1n) is 7.63. The molecule has 2 fully saturated rings. The molecule has 1 saturated heterocycles. The third-order valence-corrected chi connectivity index (χ3v) is 5.33. The minimum atomic E-state index is -0.523. The summed E-state index contributed by atoms with van der Waals surface area (Å²) in [5.41, 5.74) is 5.20. The molecule has 0 aromatic heterocycles. The first kappa shape index (κ1) is 14.8. The third-order valence-electron chi connectivity index (χ3n) is 5.33. The second-order valence-corrected chi connectivity index (χ2v) is 6.85. The maximum Gasteiger partial charge on any atom is 0.239 e. The number of nitrogens with two attached hydrogens (primary N) is 1. The van der Waals surface area contributed by atoms with Crippen molar-refractivity contribution in [3.63, 3.8) is 0 Å². The van der Waals surface area contributed by atoms with E-state index in [1.807, 2.05) is 7.05 Å². The Hall–Kier alpha value is -0.610. The Balaban J connectivity index is 2.14. The lowest BCUT2D eigenvalue weighted by molar-refractivity contribution is -0.126. The number of amides is 1. The van der Waals surface area contributed by atoms with Gasteiger partial charge in [0.25, 0.3) is 0 Å². The van der Waals surface area contributed by atoms with Gasteiger partial charge in [-0.05, 0) is 51.0 Å². The molecule has 1 heterocycles. The molecule has 4 nitrogen and oxygen atoms in total.